The van der Waals surface area contributed by atoms with Crippen LogP contribution in [0.1, 0.15) is 41.8 Å². The number of ether oxygens (including phenoxy) is 1. The largest absolute Gasteiger partial charge is 0.467 e. The SMILES string of the molecule is COC(=O)[C@H](Cc1ccc(C(=O)c2ccccc2)cc1)NC(=O)[C@H](O)CC(C)C. The Kier molecular flexibility index (Phi) is 8.09. The first-order chi connectivity index (χ1) is 13.8. The van der Waals surface area contributed by atoms with Crippen molar-refractivity contribution < 1.29 is 24.2 Å². The monoisotopic (exact) mass is 397 g/mol. The normalized spacial score (nSPS) is 12.9. The predicted octanol–water partition coefficient (Wildman–Crippen LogP) is 2.52. The maximum absolute atomic E-state index is 12.5. The molecule has 154 valence electrons. The Bertz CT molecular complexity index is 830. The number of aliphatic hydroxyl groups excluding tert-OH is 1. The van der Waals surface area contributed by atoms with Gasteiger partial charge in [-0.15, -0.1) is 0 Å². The minimum Gasteiger partial charge on any atom is -0.467 e. The molecule has 0 aliphatic heterocycles. The van der Waals surface area contributed by atoms with Crippen LogP contribution in [0.5, 0.6) is 0 Å². The van der Waals surface area contributed by atoms with E-state index in [0.29, 0.717) is 17.5 Å². The third-order valence-corrected chi connectivity index (χ3v) is 4.49. The van der Waals surface area contributed by atoms with Gasteiger partial charge in [-0.3, -0.25) is 9.59 Å². The lowest BCUT2D eigenvalue weighted by atomic mass is 9.99. The van der Waals surface area contributed by atoms with E-state index in [0.717, 1.165) is 5.56 Å². The first-order valence-corrected chi connectivity index (χ1v) is 9.56. The number of carbonyl (C=O) groups is 3. The van der Waals surface area contributed by atoms with Crippen LogP contribution in [-0.4, -0.2) is 42.0 Å². The molecule has 2 rings (SSSR count). The Morgan fingerprint density at radius 1 is 0.966 bits per heavy atom. The number of aliphatic hydroxyl groups is 1. The van der Waals surface area contributed by atoms with Gasteiger partial charge in [0.05, 0.1) is 7.11 Å². The first-order valence-electron chi connectivity index (χ1n) is 9.56. The van der Waals surface area contributed by atoms with Crippen LogP contribution in [0, 0.1) is 5.92 Å². The van der Waals surface area contributed by atoms with Crippen molar-refractivity contribution in [1.82, 2.24) is 5.32 Å². The van der Waals surface area contributed by atoms with Gasteiger partial charge in [-0.2, -0.15) is 0 Å². The summed E-state index contributed by atoms with van der Waals surface area (Å²) in [5.41, 5.74) is 1.88. The van der Waals surface area contributed by atoms with E-state index in [1.807, 2.05) is 19.9 Å². The Morgan fingerprint density at radius 3 is 2.10 bits per heavy atom. The van der Waals surface area contributed by atoms with E-state index in [9.17, 15) is 19.5 Å². The Morgan fingerprint density at radius 2 is 1.55 bits per heavy atom. The zero-order valence-electron chi connectivity index (χ0n) is 16.9. The molecule has 2 aromatic rings. The highest BCUT2D eigenvalue weighted by Crippen LogP contribution is 2.13. The van der Waals surface area contributed by atoms with Crippen molar-refractivity contribution in [2.45, 2.75) is 38.8 Å². The zero-order valence-corrected chi connectivity index (χ0v) is 16.9. The average molecular weight is 397 g/mol. The highest BCUT2D eigenvalue weighted by molar-refractivity contribution is 6.08. The minimum atomic E-state index is -1.19. The molecule has 6 heteroatoms. The van der Waals surface area contributed by atoms with Crippen LogP contribution in [0.4, 0.5) is 0 Å². The Labute approximate surface area is 170 Å². The minimum absolute atomic E-state index is 0.0909. The molecule has 0 spiro atoms. The molecule has 29 heavy (non-hydrogen) atoms. The predicted molar refractivity (Wildman–Crippen MR) is 109 cm³/mol. The van der Waals surface area contributed by atoms with Gasteiger partial charge in [0.15, 0.2) is 5.78 Å². The number of esters is 1. The molecule has 0 heterocycles. The first kappa shape index (κ1) is 22.3. The van der Waals surface area contributed by atoms with Crippen LogP contribution in [0.2, 0.25) is 0 Å². The molecule has 2 N–H and O–H groups in total. The second-order valence-corrected chi connectivity index (χ2v) is 7.33. The summed E-state index contributed by atoms with van der Waals surface area (Å²) in [5.74, 6) is -1.15. The highest BCUT2D eigenvalue weighted by Gasteiger charge is 2.26. The summed E-state index contributed by atoms with van der Waals surface area (Å²) in [7, 11) is 1.24. The van der Waals surface area contributed by atoms with Crippen LogP contribution < -0.4 is 5.32 Å². The van der Waals surface area contributed by atoms with E-state index < -0.39 is 24.0 Å². The number of nitrogens with one attached hydrogen (secondary N) is 1. The van der Waals surface area contributed by atoms with Gasteiger partial charge in [0.25, 0.3) is 0 Å². The van der Waals surface area contributed by atoms with Crippen LogP contribution in [0.15, 0.2) is 54.6 Å². The molecule has 0 fully saturated rings. The Hall–Kier alpha value is -2.99. The topological polar surface area (TPSA) is 92.7 Å². The number of hydrogen-bond donors (Lipinski definition) is 2. The number of rotatable bonds is 9. The molecular formula is C23H27NO5. The second kappa shape index (κ2) is 10.5. The molecule has 0 unspecified atom stereocenters. The highest BCUT2D eigenvalue weighted by atomic mass is 16.5. The van der Waals surface area contributed by atoms with Crippen LogP contribution in [0.25, 0.3) is 0 Å². The summed E-state index contributed by atoms with van der Waals surface area (Å²) in [6, 6.07) is 14.9. The van der Waals surface area contributed by atoms with E-state index in [-0.39, 0.29) is 18.1 Å². The zero-order chi connectivity index (χ0) is 21.4. The van der Waals surface area contributed by atoms with E-state index in [2.05, 4.69) is 5.32 Å². The molecule has 0 saturated heterocycles. The summed E-state index contributed by atoms with van der Waals surface area (Å²) in [4.78, 5) is 36.8. The van der Waals surface area contributed by atoms with Gasteiger partial charge >= 0.3 is 5.97 Å². The van der Waals surface area contributed by atoms with Gasteiger partial charge in [-0.25, -0.2) is 4.79 Å². The fourth-order valence-corrected chi connectivity index (χ4v) is 2.94. The summed E-state index contributed by atoms with van der Waals surface area (Å²) in [6.07, 6.45) is -0.698. The smallest absolute Gasteiger partial charge is 0.328 e. The molecule has 0 aliphatic rings. The number of carbonyl (C=O) groups excluding carboxylic acids is 3. The number of ketones is 1. The Balaban J connectivity index is 2.08. The number of hydrogen-bond acceptors (Lipinski definition) is 5. The lowest BCUT2D eigenvalue weighted by Crippen LogP contribution is -2.47. The maximum atomic E-state index is 12.5. The molecule has 1 amide bonds. The van der Waals surface area contributed by atoms with Gasteiger partial charge in [-0.05, 0) is 17.9 Å². The molecule has 2 atom stereocenters. The lowest BCUT2D eigenvalue weighted by molar-refractivity contribution is -0.146. The summed E-state index contributed by atoms with van der Waals surface area (Å²) >= 11 is 0. The second-order valence-electron chi connectivity index (χ2n) is 7.33. The van der Waals surface area contributed by atoms with Gasteiger partial charge in [-0.1, -0.05) is 68.4 Å². The molecule has 0 aromatic heterocycles. The molecule has 0 radical (unpaired) electrons. The summed E-state index contributed by atoms with van der Waals surface area (Å²) < 4.78 is 4.78. The third-order valence-electron chi connectivity index (χ3n) is 4.49. The quantitative estimate of drug-likeness (QED) is 0.501. The van der Waals surface area contributed by atoms with Crippen molar-refractivity contribution in [3.8, 4) is 0 Å². The van der Waals surface area contributed by atoms with Crippen molar-refractivity contribution in [2.75, 3.05) is 7.11 Å². The van der Waals surface area contributed by atoms with Crippen molar-refractivity contribution in [1.29, 1.82) is 0 Å². The number of amides is 1. The van der Waals surface area contributed by atoms with Gasteiger partial charge in [0.1, 0.15) is 12.1 Å². The maximum Gasteiger partial charge on any atom is 0.328 e. The molecule has 6 nitrogen and oxygen atoms in total. The average Bonchev–Trinajstić information content (AvgIpc) is 2.72. The fraction of sp³-hybridized carbons (Fsp3) is 0.348. The van der Waals surface area contributed by atoms with Crippen molar-refractivity contribution in [2.24, 2.45) is 5.92 Å². The van der Waals surface area contributed by atoms with Crippen molar-refractivity contribution in [3.63, 3.8) is 0 Å². The van der Waals surface area contributed by atoms with Gasteiger partial charge < -0.3 is 15.2 Å². The molecule has 0 bridgehead atoms. The third kappa shape index (κ3) is 6.54. The van der Waals surface area contributed by atoms with Gasteiger partial charge in [0, 0.05) is 17.5 Å². The van der Waals surface area contributed by atoms with Crippen molar-refractivity contribution >= 4 is 17.7 Å². The molecule has 2 aromatic carbocycles. The van der Waals surface area contributed by atoms with E-state index in [1.54, 1.807) is 48.5 Å². The van der Waals surface area contributed by atoms with E-state index >= 15 is 0 Å². The van der Waals surface area contributed by atoms with E-state index in [4.69, 9.17) is 4.74 Å². The van der Waals surface area contributed by atoms with Gasteiger partial charge in [0.2, 0.25) is 5.91 Å². The van der Waals surface area contributed by atoms with Crippen LogP contribution in [-0.2, 0) is 20.7 Å². The standard InChI is InChI=1S/C23H27NO5/c1-15(2)13-20(25)22(27)24-19(23(28)29-3)14-16-9-11-18(12-10-16)21(26)17-7-5-4-6-8-17/h4-12,15,19-20,25H,13-14H2,1-3H3,(H,24,27)/t19-,20+/m0/s1. The van der Waals surface area contributed by atoms with Crippen LogP contribution >= 0.6 is 0 Å². The van der Waals surface area contributed by atoms with Crippen LogP contribution in [0.3, 0.4) is 0 Å². The molecule has 0 aliphatic carbocycles. The summed E-state index contributed by atoms with van der Waals surface area (Å²) in [6.45, 7) is 3.79. The van der Waals surface area contributed by atoms with Crippen molar-refractivity contribution in [3.05, 3.63) is 71.3 Å². The number of benzene rings is 2. The molecule has 0 saturated carbocycles. The number of methoxy groups -OCH3 is 1. The molecular weight excluding hydrogens is 370 g/mol. The fourth-order valence-electron chi connectivity index (χ4n) is 2.94. The lowest BCUT2D eigenvalue weighted by Gasteiger charge is -2.19. The van der Waals surface area contributed by atoms with E-state index in [1.165, 1.54) is 7.11 Å². The summed E-state index contributed by atoms with van der Waals surface area (Å²) in [5, 5.41) is 12.5.